The van der Waals surface area contributed by atoms with E-state index in [4.69, 9.17) is 9.84 Å². The Bertz CT molecular complexity index is 468. The first-order chi connectivity index (χ1) is 8.33. The third kappa shape index (κ3) is 3.01. The SMILES string of the molecule is CCc1csc(-c2ccc(OCCO)nc2)n1. The molecule has 0 unspecified atom stereocenters. The maximum absolute atomic E-state index is 8.63. The molecule has 0 saturated heterocycles. The van der Waals surface area contributed by atoms with Crippen molar-refractivity contribution in [1.82, 2.24) is 9.97 Å². The summed E-state index contributed by atoms with van der Waals surface area (Å²) in [6, 6.07) is 3.72. The van der Waals surface area contributed by atoms with E-state index in [9.17, 15) is 0 Å². The van der Waals surface area contributed by atoms with Crippen LogP contribution < -0.4 is 4.74 Å². The number of nitrogens with zero attached hydrogens (tertiary/aromatic N) is 2. The minimum absolute atomic E-state index is 0.00419. The number of pyridine rings is 1. The molecule has 0 aliphatic rings. The van der Waals surface area contributed by atoms with E-state index in [0.717, 1.165) is 22.7 Å². The topological polar surface area (TPSA) is 55.2 Å². The van der Waals surface area contributed by atoms with Crippen molar-refractivity contribution in [3.8, 4) is 16.5 Å². The Labute approximate surface area is 104 Å². The van der Waals surface area contributed by atoms with Crippen LogP contribution in [0.3, 0.4) is 0 Å². The summed E-state index contributed by atoms with van der Waals surface area (Å²) in [5, 5.41) is 11.7. The fourth-order valence-electron chi connectivity index (χ4n) is 1.34. The second-order valence-corrected chi connectivity index (χ2v) is 4.31. The van der Waals surface area contributed by atoms with Gasteiger partial charge in [-0.25, -0.2) is 9.97 Å². The molecule has 2 aromatic heterocycles. The third-order valence-electron chi connectivity index (χ3n) is 2.24. The third-order valence-corrected chi connectivity index (χ3v) is 3.18. The molecule has 0 aliphatic carbocycles. The lowest BCUT2D eigenvalue weighted by Gasteiger charge is -2.02. The average Bonchev–Trinajstić information content (AvgIpc) is 2.86. The molecule has 2 aromatic rings. The Morgan fingerprint density at radius 2 is 2.29 bits per heavy atom. The molecule has 0 aromatic carbocycles. The molecule has 5 heteroatoms. The van der Waals surface area contributed by atoms with E-state index < -0.39 is 0 Å². The molecule has 0 aliphatic heterocycles. The van der Waals surface area contributed by atoms with E-state index >= 15 is 0 Å². The van der Waals surface area contributed by atoms with Gasteiger partial charge < -0.3 is 9.84 Å². The van der Waals surface area contributed by atoms with Crippen LogP contribution in [0.5, 0.6) is 5.88 Å². The Balaban J connectivity index is 2.11. The quantitative estimate of drug-likeness (QED) is 0.883. The van der Waals surface area contributed by atoms with Crippen molar-refractivity contribution in [3.05, 3.63) is 29.4 Å². The standard InChI is InChI=1S/C12H14N2O2S/c1-2-10-8-17-12(14-10)9-3-4-11(13-7-9)16-6-5-15/h3-4,7-8,15H,2,5-6H2,1H3. The van der Waals surface area contributed by atoms with Crippen molar-refractivity contribution in [1.29, 1.82) is 0 Å². The van der Waals surface area contributed by atoms with Gasteiger partial charge in [0.25, 0.3) is 0 Å². The molecule has 1 N–H and O–H groups in total. The molecule has 0 radical (unpaired) electrons. The Kier molecular flexibility index (Phi) is 4.06. The first-order valence-corrected chi connectivity index (χ1v) is 6.36. The lowest BCUT2D eigenvalue weighted by atomic mass is 10.3. The summed E-state index contributed by atoms with van der Waals surface area (Å²) in [6.07, 6.45) is 2.69. The molecule has 90 valence electrons. The number of aryl methyl sites for hydroxylation is 1. The van der Waals surface area contributed by atoms with Gasteiger partial charge in [0.2, 0.25) is 5.88 Å². The zero-order chi connectivity index (χ0) is 12.1. The first kappa shape index (κ1) is 12.0. The van der Waals surface area contributed by atoms with Crippen LogP contribution in [0.25, 0.3) is 10.6 Å². The molecule has 0 spiro atoms. The number of thiazole rings is 1. The van der Waals surface area contributed by atoms with Gasteiger partial charge in [-0.15, -0.1) is 11.3 Å². The average molecular weight is 250 g/mol. The van der Waals surface area contributed by atoms with E-state index in [0.29, 0.717) is 5.88 Å². The molecule has 0 fully saturated rings. The summed E-state index contributed by atoms with van der Waals surface area (Å²) in [7, 11) is 0. The van der Waals surface area contributed by atoms with E-state index in [-0.39, 0.29) is 13.2 Å². The van der Waals surface area contributed by atoms with Crippen LogP contribution in [0.2, 0.25) is 0 Å². The van der Waals surface area contributed by atoms with Crippen LogP contribution in [-0.4, -0.2) is 28.3 Å². The Morgan fingerprint density at radius 3 is 2.88 bits per heavy atom. The summed E-state index contributed by atoms with van der Waals surface area (Å²) >= 11 is 1.62. The lowest BCUT2D eigenvalue weighted by molar-refractivity contribution is 0.196. The van der Waals surface area contributed by atoms with Crippen LogP contribution in [-0.2, 0) is 6.42 Å². The van der Waals surface area contributed by atoms with Crippen molar-refractivity contribution in [2.75, 3.05) is 13.2 Å². The van der Waals surface area contributed by atoms with Crippen molar-refractivity contribution in [3.63, 3.8) is 0 Å². The van der Waals surface area contributed by atoms with Gasteiger partial charge >= 0.3 is 0 Å². The van der Waals surface area contributed by atoms with Crippen LogP contribution in [0, 0.1) is 0 Å². The van der Waals surface area contributed by atoms with Crippen molar-refractivity contribution in [2.24, 2.45) is 0 Å². The molecule has 0 saturated carbocycles. The molecule has 4 nitrogen and oxygen atoms in total. The molecular formula is C12H14N2O2S. The van der Waals surface area contributed by atoms with Crippen molar-refractivity contribution < 1.29 is 9.84 Å². The van der Waals surface area contributed by atoms with Gasteiger partial charge in [0.15, 0.2) is 0 Å². The smallest absolute Gasteiger partial charge is 0.213 e. The van der Waals surface area contributed by atoms with Crippen molar-refractivity contribution >= 4 is 11.3 Å². The lowest BCUT2D eigenvalue weighted by Crippen LogP contribution is -2.02. The van der Waals surface area contributed by atoms with Gasteiger partial charge in [0.1, 0.15) is 11.6 Å². The highest BCUT2D eigenvalue weighted by molar-refractivity contribution is 7.13. The summed E-state index contributed by atoms with van der Waals surface area (Å²) in [5.74, 6) is 0.523. The Morgan fingerprint density at radius 1 is 1.41 bits per heavy atom. The van der Waals surface area contributed by atoms with Gasteiger partial charge in [0.05, 0.1) is 12.3 Å². The molecule has 0 atom stereocenters. The molecule has 0 bridgehead atoms. The minimum atomic E-state index is -0.00419. The molecular weight excluding hydrogens is 236 g/mol. The number of hydrogen-bond acceptors (Lipinski definition) is 5. The zero-order valence-electron chi connectivity index (χ0n) is 9.59. The maximum atomic E-state index is 8.63. The van der Waals surface area contributed by atoms with E-state index in [1.54, 1.807) is 23.6 Å². The number of hydrogen-bond donors (Lipinski definition) is 1. The predicted octanol–water partition coefficient (Wildman–Crippen LogP) is 2.14. The maximum Gasteiger partial charge on any atom is 0.213 e. The molecule has 17 heavy (non-hydrogen) atoms. The number of aromatic nitrogens is 2. The van der Waals surface area contributed by atoms with Gasteiger partial charge in [-0.05, 0) is 12.5 Å². The van der Waals surface area contributed by atoms with Crippen molar-refractivity contribution in [2.45, 2.75) is 13.3 Å². The zero-order valence-corrected chi connectivity index (χ0v) is 10.4. The summed E-state index contributed by atoms with van der Waals surface area (Å²) < 4.78 is 5.19. The van der Waals surface area contributed by atoms with Gasteiger partial charge in [-0.3, -0.25) is 0 Å². The fraction of sp³-hybridized carbons (Fsp3) is 0.333. The number of rotatable bonds is 5. The highest BCUT2D eigenvalue weighted by Crippen LogP contribution is 2.24. The second kappa shape index (κ2) is 5.75. The van der Waals surface area contributed by atoms with Crippen LogP contribution in [0.15, 0.2) is 23.7 Å². The minimum Gasteiger partial charge on any atom is -0.475 e. The van der Waals surface area contributed by atoms with Crippen LogP contribution in [0.4, 0.5) is 0 Å². The number of ether oxygens (including phenoxy) is 1. The van der Waals surface area contributed by atoms with E-state index in [2.05, 4.69) is 22.3 Å². The van der Waals surface area contributed by atoms with Crippen LogP contribution >= 0.6 is 11.3 Å². The highest BCUT2D eigenvalue weighted by atomic mass is 32.1. The monoisotopic (exact) mass is 250 g/mol. The number of aliphatic hydroxyl groups is 1. The van der Waals surface area contributed by atoms with E-state index in [1.165, 1.54) is 0 Å². The van der Waals surface area contributed by atoms with E-state index in [1.807, 2.05) is 6.07 Å². The number of aliphatic hydroxyl groups excluding tert-OH is 1. The van der Waals surface area contributed by atoms with Gasteiger partial charge in [-0.2, -0.15) is 0 Å². The largest absolute Gasteiger partial charge is 0.475 e. The fourth-order valence-corrected chi connectivity index (χ4v) is 2.24. The summed E-state index contributed by atoms with van der Waals surface area (Å²) in [4.78, 5) is 8.65. The van der Waals surface area contributed by atoms with Gasteiger partial charge in [-0.1, -0.05) is 6.92 Å². The molecule has 2 heterocycles. The predicted molar refractivity (Wildman–Crippen MR) is 67.3 cm³/mol. The first-order valence-electron chi connectivity index (χ1n) is 5.48. The van der Waals surface area contributed by atoms with Crippen LogP contribution in [0.1, 0.15) is 12.6 Å². The normalized spacial score (nSPS) is 10.5. The second-order valence-electron chi connectivity index (χ2n) is 3.45. The molecule has 0 amide bonds. The van der Waals surface area contributed by atoms with Gasteiger partial charge in [0, 0.05) is 23.2 Å². The Hall–Kier alpha value is -1.46. The molecule has 2 rings (SSSR count). The summed E-state index contributed by atoms with van der Waals surface area (Å²) in [6.45, 7) is 2.35. The highest BCUT2D eigenvalue weighted by Gasteiger charge is 2.04. The summed E-state index contributed by atoms with van der Waals surface area (Å²) in [5.41, 5.74) is 2.09.